The molecule has 0 radical (unpaired) electrons. The first-order valence-electron chi connectivity index (χ1n) is 6.79. The molecule has 118 valence electrons. The summed E-state index contributed by atoms with van der Waals surface area (Å²) in [5, 5.41) is -0.475. The summed E-state index contributed by atoms with van der Waals surface area (Å²) < 4.78 is 62.8. The molecule has 1 aromatic carbocycles. The van der Waals surface area contributed by atoms with E-state index in [2.05, 4.69) is 0 Å². The Balaban J connectivity index is 2.22. The van der Waals surface area contributed by atoms with E-state index in [9.17, 15) is 21.6 Å². The third-order valence-electron chi connectivity index (χ3n) is 4.17. The minimum Gasteiger partial charge on any atom is -0.324 e. The Hall–Kier alpha value is -1.08. The first-order valence-corrected chi connectivity index (χ1v) is 8.74. The number of benzene rings is 1. The Kier molecular flexibility index (Phi) is 4.63. The smallest absolute Gasteiger partial charge is 0.194 e. The van der Waals surface area contributed by atoms with E-state index in [1.165, 1.54) is 6.26 Å². The van der Waals surface area contributed by atoms with Gasteiger partial charge in [-0.25, -0.2) is 21.6 Å². The Morgan fingerprint density at radius 2 is 1.76 bits per heavy atom. The minimum absolute atomic E-state index is 0.158. The second-order valence-electron chi connectivity index (χ2n) is 5.70. The van der Waals surface area contributed by atoms with Crippen molar-refractivity contribution in [2.24, 2.45) is 11.7 Å². The molecule has 7 heteroatoms. The fraction of sp³-hybridized carbons (Fsp3) is 0.571. The van der Waals surface area contributed by atoms with Gasteiger partial charge in [-0.15, -0.1) is 0 Å². The Morgan fingerprint density at radius 1 is 1.19 bits per heavy atom. The second-order valence-corrected chi connectivity index (χ2v) is 8.03. The quantitative estimate of drug-likeness (QED) is 0.871. The molecular formula is C14H18F3NO2S. The first-order chi connectivity index (χ1) is 9.70. The van der Waals surface area contributed by atoms with Gasteiger partial charge in [0, 0.05) is 12.3 Å². The zero-order valence-electron chi connectivity index (χ0n) is 11.7. The highest BCUT2D eigenvalue weighted by Gasteiger charge is 2.32. The lowest BCUT2D eigenvalue weighted by Crippen LogP contribution is -2.33. The van der Waals surface area contributed by atoms with Crippen molar-refractivity contribution in [3.63, 3.8) is 0 Å². The van der Waals surface area contributed by atoms with E-state index in [1.807, 2.05) is 0 Å². The standard InChI is InChI=1S/C14H18F3NO2S/c1-21(19,20)10-4-2-3-8(5-10)14(18)9-6-11(15)13(17)12(16)7-9/h6-8,10,14H,2-5,18H2,1H3. The molecule has 3 atom stereocenters. The zero-order chi connectivity index (χ0) is 15.8. The summed E-state index contributed by atoms with van der Waals surface area (Å²) in [4.78, 5) is 0. The Bertz CT molecular complexity index is 610. The van der Waals surface area contributed by atoms with Gasteiger partial charge in [-0.1, -0.05) is 6.42 Å². The molecule has 21 heavy (non-hydrogen) atoms. The van der Waals surface area contributed by atoms with Crippen molar-refractivity contribution < 1.29 is 21.6 Å². The van der Waals surface area contributed by atoms with Gasteiger partial charge in [0.1, 0.15) is 9.84 Å². The zero-order valence-corrected chi connectivity index (χ0v) is 12.5. The van der Waals surface area contributed by atoms with E-state index in [-0.39, 0.29) is 11.5 Å². The summed E-state index contributed by atoms with van der Waals surface area (Å²) >= 11 is 0. The van der Waals surface area contributed by atoms with Gasteiger partial charge in [0.15, 0.2) is 17.5 Å². The predicted octanol–water partition coefficient (Wildman–Crippen LogP) is 2.71. The van der Waals surface area contributed by atoms with Gasteiger partial charge in [0.05, 0.1) is 5.25 Å². The van der Waals surface area contributed by atoms with Crippen LogP contribution in [0.15, 0.2) is 12.1 Å². The van der Waals surface area contributed by atoms with Crippen molar-refractivity contribution in [2.75, 3.05) is 6.26 Å². The number of sulfone groups is 1. The van der Waals surface area contributed by atoms with Crippen LogP contribution in [0.4, 0.5) is 13.2 Å². The molecule has 0 spiro atoms. The van der Waals surface area contributed by atoms with E-state index >= 15 is 0 Å². The van der Waals surface area contributed by atoms with Gasteiger partial charge < -0.3 is 5.73 Å². The fourth-order valence-electron chi connectivity index (χ4n) is 2.94. The molecule has 3 nitrogen and oxygen atoms in total. The van der Waals surface area contributed by atoms with Crippen molar-refractivity contribution >= 4 is 9.84 Å². The number of hydrogen-bond acceptors (Lipinski definition) is 3. The fourth-order valence-corrected chi connectivity index (χ4v) is 4.13. The van der Waals surface area contributed by atoms with Crippen LogP contribution in [0, 0.1) is 23.4 Å². The molecule has 0 bridgehead atoms. The van der Waals surface area contributed by atoms with Crippen molar-refractivity contribution in [1.82, 2.24) is 0 Å². The molecule has 1 fully saturated rings. The van der Waals surface area contributed by atoms with Crippen LogP contribution < -0.4 is 5.73 Å². The molecule has 1 aromatic rings. The van der Waals surface area contributed by atoms with Crippen molar-refractivity contribution in [3.05, 3.63) is 35.1 Å². The molecule has 2 rings (SSSR count). The molecule has 1 aliphatic carbocycles. The van der Waals surface area contributed by atoms with Crippen LogP contribution in [0.1, 0.15) is 37.3 Å². The molecular weight excluding hydrogens is 303 g/mol. The highest BCUT2D eigenvalue weighted by molar-refractivity contribution is 7.91. The Morgan fingerprint density at radius 3 is 2.29 bits per heavy atom. The van der Waals surface area contributed by atoms with Crippen LogP contribution in [0.3, 0.4) is 0 Å². The summed E-state index contributed by atoms with van der Waals surface area (Å²) in [5.74, 6) is -4.28. The van der Waals surface area contributed by atoms with Gasteiger partial charge >= 0.3 is 0 Å². The maximum Gasteiger partial charge on any atom is 0.194 e. The summed E-state index contributed by atoms with van der Waals surface area (Å²) in [5.41, 5.74) is 6.17. The van der Waals surface area contributed by atoms with Gasteiger partial charge in [0.2, 0.25) is 0 Å². The molecule has 0 amide bonds. The third kappa shape index (κ3) is 3.58. The molecule has 0 aliphatic heterocycles. The topological polar surface area (TPSA) is 60.2 Å². The van der Waals surface area contributed by atoms with Gasteiger partial charge in [-0.3, -0.25) is 0 Å². The van der Waals surface area contributed by atoms with E-state index in [1.54, 1.807) is 0 Å². The SMILES string of the molecule is CS(=O)(=O)C1CCCC(C(N)c2cc(F)c(F)c(F)c2)C1. The van der Waals surface area contributed by atoms with Crippen LogP contribution in [0.2, 0.25) is 0 Å². The predicted molar refractivity (Wildman–Crippen MR) is 73.8 cm³/mol. The van der Waals surface area contributed by atoms with Gasteiger partial charge in [-0.05, 0) is 42.9 Å². The second kappa shape index (κ2) is 5.96. The highest BCUT2D eigenvalue weighted by atomic mass is 32.2. The average molecular weight is 321 g/mol. The van der Waals surface area contributed by atoms with Gasteiger partial charge in [-0.2, -0.15) is 0 Å². The van der Waals surface area contributed by atoms with Crippen molar-refractivity contribution in [2.45, 2.75) is 37.0 Å². The number of rotatable bonds is 3. The molecule has 3 unspecified atom stereocenters. The van der Waals surface area contributed by atoms with E-state index in [0.717, 1.165) is 12.1 Å². The van der Waals surface area contributed by atoms with E-state index in [0.29, 0.717) is 25.7 Å². The maximum atomic E-state index is 13.3. The molecule has 0 heterocycles. The van der Waals surface area contributed by atoms with E-state index < -0.39 is 38.6 Å². The third-order valence-corrected chi connectivity index (χ3v) is 5.81. The van der Waals surface area contributed by atoms with E-state index in [4.69, 9.17) is 5.73 Å². The van der Waals surface area contributed by atoms with Crippen LogP contribution >= 0.6 is 0 Å². The average Bonchev–Trinajstić information content (AvgIpc) is 2.42. The van der Waals surface area contributed by atoms with Crippen LogP contribution in [-0.4, -0.2) is 19.9 Å². The normalized spacial score (nSPS) is 24.8. The van der Waals surface area contributed by atoms with Crippen molar-refractivity contribution in [1.29, 1.82) is 0 Å². The summed E-state index contributed by atoms with van der Waals surface area (Å²) in [6, 6.07) is 1.06. The molecule has 0 saturated heterocycles. The molecule has 2 N–H and O–H groups in total. The number of halogens is 3. The monoisotopic (exact) mass is 321 g/mol. The lowest BCUT2D eigenvalue weighted by Gasteiger charge is -2.32. The molecule has 1 aliphatic rings. The van der Waals surface area contributed by atoms with Crippen LogP contribution in [0.5, 0.6) is 0 Å². The first kappa shape index (κ1) is 16.3. The summed E-state index contributed by atoms with van der Waals surface area (Å²) in [6.45, 7) is 0. The Labute approximate surface area is 122 Å². The largest absolute Gasteiger partial charge is 0.324 e. The molecule has 0 aromatic heterocycles. The van der Waals surface area contributed by atoms with Crippen LogP contribution in [-0.2, 0) is 9.84 Å². The number of nitrogens with two attached hydrogens (primary N) is 1. The molecule has 1 saturated carbocycles. The lowest BCUT2D eigenvalue weighted by molar-refractivity contribution is 0.307. The number of hydrogen-bond donors (Lipinski definition) is 1. The van der Waals surface area contributed by atoms with Crippen LogP contribution in [0.25, 0.3) is 0 Å². The summed E-state index contributed by atoms with van der Waals surface area (Å²) in [6.07, 6.45) is 3.51. The van der Waals surface area contributed by atoms with Gasteiger partial charge in [0.25, 0.3) is 0 Å². The lowest BCUT2D eigenvalue weighted by atomic mass is 9.81. The minimum atomic E-state index is -3.16. The highest BCUT2D eigenvalue weighted by Crippen LogP contribution is 2.36. The van der Waals surface area contributed by atoms with Crippen molar-refractivity contribution in [3.8, 4) is 0 Å². The maximum absolute atomic E-state index is 13.3. The summed E-state index contributed by atoms with van der Waals surface area (Å²) in [7, 11) is -3.16.